The SMILES string of the molecule is O=C(CN1C(=O)NC2(CCCCC2)C1=O)Nc1ccc(Cl)c(S(=O)(=O)N2CCOCC2)c1. The van der Waals surface area contributed by atoms with Gasteiger partial charge in [0.2, 0.25) is 15.9 Å². The molecule has 2 heterocycles. The highest BCUT2D eigenvalue weighted by atomic mass is 35.5. The van der Waals surface area contributed by atoms with Crippen molar-refractivity contribution in [3.63, 3.8) is 0 Å². The summed E-state index contributed by atoms with van der Waals surface area (Å²) in [6, 6.07) is 3.54. The first kappa shape index (κ1) is 23.0. The molecule has 1 spiro atoms. The zero-order chi connectivity index (χ0) is 22.9. The van der Waals surface area contributed by atoms with Crippen molar-refractivity contribution in [1.29, 1.82) is 0 Å². The molecule has 4 rings (SSSR count). The summed E-state index contributed by atoms with van der Waals surface area (Å²) in [7, 11) is -3.87. The van der Waals surface area contributed by atoms with E-state index in [9.17, 15) is 22.8 Å². The molecule has 2 N–H and O–H groups in total. The number of imide groups is 1. The van der Waals surface area contributed by atoms with Gasteiger partial charge in [-0.25, -0.2) is 13.2 Å². The maximum atomic E-state index is 12.9. The van der Waals surface area contributed by atoms with Crippen LogP contribution in [0.3, 0.4) is 0 Å². The molecule has 12 heteroatoms. The predicted octanol–water partition coefficient (Wildman–Crippen LogP) is 1.55. The summed E-state index contributed by atoms with van der Waals surface area (Å²) < 4.78 is 32.4. The molecule has 0 radical (unpaired) electrons. The van der Waals surface area contributed by atoms with Crippen LogP contribution in [0, 0.1) is 0 Å². The fourth-order valence-electron chi connectivity index (χ4n) is 4.36. The molecule has 0 atom stereocenters. The van der Waals surface area contributed by atoms with Crippen LogP contribution >= 0.6 is 11.6 Å². The molecule has 32 heavy (non-hydrogen) atoms. The molecular weight excluding hydrogens is 460 g/mol. The van der Waals surface area contributed by atoms with Gasteiger partial charge in [0.05, 0.1) is 18.2 Å². The van der Waals surface area contributed by atoms with Crippen LogP contribution in [0.15, 0.2) is 23.1 Å². The van der Waals surface area contributed by atoms with E-state index in [2.05, 4.69) is 10.6 Å². The van der Waals surface area contributed by atoms with Crippen molar-refractivity contribution in [1.82, 2.24) is 14.5 Å². The van der Waals surface area contributed by atoms with Crippen LogP contribution in [0.1, 0.15) is 32.1 Å². The van der Waals surface area contributed by atoms with Crippen LogP contribution in [0.2, 0.25) is 5.02 Å². The van der Waals surface area contributed by atoms with Gasteiger partial charge in [0.15, 0.2) is 0 Å². The second-order valence-electron chi connectivity index (χ2n) is 8.17. The van der Waals surface area contributed by atoms with Crippen molar-refractivity contribution in [3.05, 3.63) is 23.2 Å². The van der Waals surface area contributed by atoms with E-state index in [1.54, 1.807) is 0 Å². The largest absolute Gasteiger partial charge is 0.379 e. The molecule has 1 aromatic rings. The van der Waals surface area contributed by atoms with Crippen molar-refractivity contribution < 1.29 is 27.5 Å². The molecule has 1 aromatic carbocycles. The first-order valence-corrected chi connectivity index (χ1v) is 12.4. The Labute approximate surface area is 191 Å². The van der Waals surface area contributed by atoms with Crippen LogP contribution in [-0.2, 0) is 24.3 Å². The summed E-state index contributed by atoms with van der Waals surface area (Å²) in [6.07, 6.45) is 3.83. The zero-order valence-electron chi connectivity index (χ0n) is 17.4. The highest BCUT2D eigenvalue weighted by Crippen LogP contribution is 2.33. The maximum absolute atomic E-state index is 12.9. The van der Waals surface area contributed by atoms with E-state index >= 15 is 0 Å². The van der Waals surface area contributed by atoms with Gasteiger partial charge in [0, 0.05) is 18.8 Å². The Morgan fingerprint density at radius 2 is 1.84 bits per heavy atom. The summed E-state index contributed by atoms with van der Waals surface area (Å²) in [6.45, 7) is 0.550. The number of ether oxygens (including phenoxy) is 1. The normalized spacial score (nSPS) is 21.6. The zero-order valence-corrected chi connectivity index (χ0v) is 19.0. The lowest BCUT2D eigenvalue weighted by atomic mass is 9.82. The number of carbonyl (C=O) groups is 3. The van der Waals surface area contributed by atoms with E-state index in [-0.39, 0.29) is 34.6 Å². The summed E-state index contributed by atoms with van der Waals surface area (Å²) >= 11 is 6.14. The van der Waals surface area contributed by atoms with E-state index in [4.69, 9.17) is 16.3 Å². The molecule has 0 unspecified atom stereocenters. The number of rotatable bonds is 5. The van der Waals surface area contributed by atoms with Crippen molar-refractivity contribution >= 4 is 45.2 Å². The number of anilines is 1. The molecule has 3 aliphatic rings. The van der Waals surface area contributed by atoms with E-state index in [1.807, 2.05) is 0 Å². The van der Waals surface area contributed by atoms with E-state index in [0.717, 1.165) is 24.2 Å². The average Bonchev–Trinajstić information content (AvgIpc) is 3.00. The minimum atomic E-state index is -3.87. The minimum Gasteiger partial charge on any atom is -0.379 e. The number of hydrogen-bond donors (Lipinski definition) is 2. The molecule has 2 saturated heterocycles. The van der Waals surface area contributed by atoms with Crippen molar-refractivity contribution in [3.8, 4) is 0 Å². The van der Waals surface area contributed by atoms with E-state index < -0.39 is 34.0 Å². The highest BCUT2D eigenvalue weighted by molar-refractivity contribution is 7.89. The molecule has 1 aliphatic carbocycles. The van der Waals surface area contributed by atoms with Gasteiger partial charge in [-0.2, -0.15) is 4.31 Å². The van der Waals surface area contributed by atoms with Gasteiger partial charge >= 0.3 is 6.03 Å². The molecule has 4 amide bonds. The first-order chi connectivity index (χ1) is 15.2. The Hall–Kier alpha value is -2.21. The van der Waals surface area contributed by atoms with Crippen molar-refractivity contribution in [2.24, 2.45) is 0 Å². The third-order valence-electron chi connectivity index (χ3n) is 6.06. The second kappa shape index (κ2) is 8.97. The lowest BCUT2D eigenvalue weighted by Crippen LogP contribution is -2.48. The van der Waals surface area contributed by atoms with Crippen LogP contribution in [0.5, 0.6) is 0 Å². The molecule has 0 bridgehead atoms. The second-order valence-corrected chi connectivity index (χ2v) is 10.5. The van der Waals surface area contributed by atoms with Gasteiger partial charge in [-0.3, -0.25) is 14.5 Å². The molecule has 10 nitrogen and oxygen atoms in total. The van der Waals surface area contributed by atoms with Crippen LogP contribution in [-0.4, -0.2) is 73.9 Å². The number of nitrogens with zero attached hydrogens (tertiary/aromatic N) is 2. The van der Waals surface area contributed by atoms with Crippen LogP contribution in [0.4, 0.5) is 10.5 Å². The lowest BCUT2D eigenvalue weighted by Gasteiger charge is -2.30. The van der Waals surface area contributed by atoms with Crippen LogP contribution < -0.4 is 10.6 Å². The number of sulfonamides is 1. The molecule has 174 valence electrons. The highest BCUT2D eigenvalue weighted by Gasteiger charge is 2.51. The smallest absolute Gasteiger partial charge is 0.325 e. The van der Waals surface area contributed by atoms with Gasteiger partial charge in [0.25, 0.3) is 5.91 Å². The van der Waals surface area contributed by atoms with Crippen LogP contribution in [0.25, 0.3) is 0 Å². The quantitative estimate of drug-likeness (QED) is 0.611. The van der Waals surface area contributed by atoms with Gasteiger partial charge in [0.1, 0.15) is 17.0 Å². The molecule has 1 saturated carbocycles. The Bertz CT molecular complexity index is 1030. The summed E-state index contributed by atoms with van der Waals surface area (Å²) in [5, 5.41) is 5.35. The molecular formula is C20H25ClN4O6S. The monoisotopic (exact) mass is 484 g/mol. The Morgan fingerprint density at radius 1 is 1.16 bits per heavy atom. The Morgan fingerprint density at radius 3 is 2.53 bits per heavy atom. The van der Waals surface area contributed by atoms with Gasteiger partial charge in [-0.1, -0.05) is 30.9 Å². The number of amides is 4. The van der Waals surface area contributed by atoms with Gasteiger partial charge in [-0.15, -0.1) is 0 Å². The number of morpholine rings is 1. The first-order valence-electron chi connectivity index (χ1n) is 10.5. The summed E-state index contributed by atoms with van der Waals surface area (Å²) in [5.74, 6) is -0.998. The van der Waals surface area contributed by atoms with Crippen molar-refractivity contribution in [2.75, 3.05) is 38.2 Å². The maximum Gasteiger partial charge on any atom is 0.325 e. The third kappa shape index (κ3) is 4.34. The summed E-state index contributed by atoms with van der Waals surface area (Å²) in [4.78, 5) is 38.6. The fourth-order valence-corrected chi connectivity index (χ4v) is 6.27. The Kier molecular flexibility index (Phi) is 6.44. The standard InChI is InChI=1S/C20H25ClN4O6S/c21-15-5-4-14(12-16(15)32(29,30)24-8-10-31-11-9-24)22-17(26)13-25-18(27)20(23-19(25)28)6-2-1-3-7-20/h4-5,12H,1-3,6-11,13H2,(H,22,26)(H,23,28). The lowest BCUT2D eigenvalue weighted by molar-refractivity contribution is -0.134. The number of hydrogen-bond acceptors (Lipinski definition) is 6. The molecule has 3 fully saturated rings. The Balaban J connectivity index is 1.46. The van der Waals surface area contributed by atoms with E-state index in [0.29, 0.717) is 26.1 Å². The number of halogens is 1. The molecule has 2 aliphatic heterocycles. The average molecular weight is 485 g/mol. The van der Waals surface area contributed by atoms with Gasteiger partial charge < -0.3 is 15.4 Å². The number of nitrogens with one attached hydrogen (secondary N) is 2. The fraction of sp³-hybridized carbons (Fsp3) is 0.550. The predicted molar refractivity (Wildman–Crippen MR) is 116 cm³/mol. The third-order valence-corrected chi connectivity index (χ3v) is 8.44. The number of carbonyl (C=O) groups excluding carboxylic acids is 3. The topological polar surface area (TPSA) is 125 Å². The number of benzene rings is 1. The minimum absolute atomic E-state index is 0.0304. The summed E-state index contributed by atoms with van der Waals surface area (Å²) in [5.41, 5.74) is -0.708. The van der Waals surface area contributed by atoms with E-state index in [1.165, 1.54) is 22.5 Å². The van der Waals surface area contributed by atoms with Gasteiger partial charge in [-0.05, 0) is 31.0 Å². The molecule has 0 aromatic heterocycles. The van der Waals surface area contributed by atoms with Crippen molar-refractivity contribution in [2.45, 2.75) is 42.5 Å². The number of urea groups is 1.